The third-order valence-corrected chi connectivity index (χ3v) is 3.35. The maximum absolute atomic E-state index is 5.94. The van der Waals surface area contributed by atoms with Crippen LogP contribution in [0.4, 0.5) is 0 Å². The summed E-state index contributed by atoms with van der Waals surface area (Å²) < 4.78 is 0. The van der Waals surface area contributed by atoms with E-state index < -0.39 is 0 Å². The van der Waals surface area contributed by atoms with Gasteiger partial charge in [0.1, 0.15) is 0 Å². The molecule has 2 rings (SSSR count). The maximum atomic E-state index is 5.94. The van der Waals surface area contributed by atoms with Crippen molar-refractivity contribution in [3.63, 3.8) is 0 Å². The number of nitrogens with two attached hydrogens (primary N) is 1. The smallest absolute Gasteiger partial charge is 0.192 e. The first kappa shape index (κ1) is 12.1. The molecule has 0 bridgehead atoms. The van der Waals surface area contributed by atoms with E-state index in [2.05, 4.69) is 16.0 Å². The molecule has 0 spiro atoms. The molecule has 2 N–H and O–H groups in total. The van der Waals surface area contributed by atoms with Gasteiger partial charge >= 0.3 is 0 Å². The van der Waals surface area contributed by atoms with Crippen LogP contribution in [-0.4, -0.2) is 9.97 Å². The van der Waals surface area contributed by atoms with Gasteiger partial charge in [-0.15, -0.1) is 0 Å². The average molecular weight is 245 g/mol. The highest BCUT2D eigenvalue weighted by atomic mass is 32.2. The SMILES string of the molecule is Cc1ccnc(Sc2ccccc2[C@@H](C)N)n1. The first-order valence-electron chi connectivity index (χ1n) is 5.49. The van der Waals surface area contributed by atoms with Crippen LogP contribution < -0.4 is 5.73 Å². The zero-order chi connectivity index (χ0) is 12.3. The van der Waals surface area contributed by atoms with Crippen LogP contribution in [0.2, 0.25) is 0 Å². The molecule has 1 heterocycles. The van der Waals surface area contributed by atoms with Crippen LogP contribution >= 0.6 is 11.8 Å². The lowest BCUT2D eigenvalue weighted by Crippen LogP contribution is -2.06. The van der Waals surface area contributed by atoms with E-state index in [0.29, 0.717) is 0 Å². The zero-order valence-electron chi connectivity index (χ0n) is 9.92. The molecule has 0 aliphatic heterocycles. The van der Waals surface area contributed by atoms with E-state index in [9.17, 15) is 0 Å². The van der Waals surface area contributed by atoms with E-state index in [1.807, 2.05) is 38.1 Å². The predicted molar refractivity (Wildman–Crippen MR) is 69.9 cm³/mol. The summed E-state index contributed by atoms with van der Waals surface area (Å²) in [5.74, 6) is 0. The summed E-state index contributed by atoms with van der Waals surface area (Å²) in [6.07, 6.45) is 1.78. The van der Waals surface area contributed by atoms with Crippen molar-refractivity contribution in [2.75, 3.05) is 0 Å². The van der Waals surface area contributed by atoms with Gasteiger partial charge in [-0.3, -0.25) is 0 Å². The number of rotatable bonds is 3. The molecule has 88 valence electrons. The van der Waals surface area contributed by atoms with Crippen LogP contribution in [0, 0.1) is 6.92 Å². The molecule has 0 saturated heterocycles. The normalized spacial score (nSPS) is 12.4. The number of hydrogen-bond donors (Lipinski definition) is 1. The molecule has 17 heavy (non-hydrogen) atoms. The molecule has 0 fully saturated rings. The summed E-state index contributed by atoms with van der Waals surface area (Å²) in [4.78, 5) is 9.74. The second-order valence-electron chi connectivity index (χ2n) is 3.91. The van der Waals surface area contributed by atoms with Gasteiger partial charge in [0.25, 0.3) is 0 Å². The minimum Gasteiger partial charge on any atom is -0.324 e. The van der Waals surface area contributed by atoms with Gasteiger partial charge in [-0.05, 0) is 43.3 Å². The highest BCUT2D eigenvalue weighted by Crippen LogP contribution is 2.30. The van der Waals surface area contributed by atoms with E-state index in [4.69, 9.17) is 5.73 Å². The summed E-state index contributed by atoms with van der Waals surface area (Å²) in [7, 11) is 0. The number of hydrogen-bond acceptors (Lipinski definition) is 4. The molecule has 0 amide bonds. The van der Waals surface area contributed by atoms with Crippen LogP contribution in [0.3, 0.4) is 0 Å². The molecule has 0 aliphatic rings. The summed E-state index contributed by atoms with van der Waals surface area (Å²) in [5.41, 5.74) is 8.04. The summed E-state index contributed by atoms with van der Waals surface area (Å²) in [6.45, 7) is 3.94. The minimum absolute atomic E-state index is 0.0171. The van der Waals surface area contributed by atoms with Gasteiger partial charge in [-0.25, -0.2) is 9.97 Å². The Morgan fingerprint density at radius 1 is 1.24 bits per heavy atom. The molecule has 1 aromatic carbocycles. The Labute approximate surface area is 105 Å². The van der Waals surface area contributed by atoms with Crippen LogP contribution in [-0.2, 0) is 0 Å². The average Bonchev–Trinajstić information content (AvgIpc) is 2.29. The Kier molecular flexibility index (Phi) is 3.76. The lowest BCUT2D eigenvalue weighted by atomic mass is 10.1. The second-order valence-corrected chi connectivity index (χ2v) is 4.92. The second kappa shape index (κ2) is 5.29. The lowest BCUT2D eigenvalue weighted by molar-refractivity contribution is 0.796. The maximum Gasteiger partial charge on any atom is 0.192 e. The van der Waals surface area contributed by atoms with Gasteiger partial charge in [-0.2, -0.15) is 0 Å². The van der Waals surface area contributed by atoms with Crippen LogP contribution in [0.5, 0.6) is 0 Å². The molecule has 2 aromatic rings. The summed E-state index contributed by atoms with van der Waals surface area (Å²) in [6, 6.07) is 10.0. The van der Waals surface area contributed by atoms with Crippen molar-refractivity contribution in [2.45, 2.75) is 29.9 Å². The monoisotopic (exact) mass is 245 g/mol. The molecule has 4 heteroatoms. The Bertz CT molecular complexity index is 512. The molecule has 3 nitrogen and oxygen atoms in total. The largest absolute Gasteiger partial charge is 0.324 e. The minimum atomic E-state index is 0.0171. The Morgan fingerprint density at radius 2 is 2.00 bits per heavy atom. The van der Waals surface area contributed by atoms with Crippen molar-refractivity contribution in [1.29, 1.82) is 0 Å². The summed E-state index contributed by atoms with van der Waals surface area (Å²) >= 11 is 1.55. The van der Waals surface area contributed by atoms with E-state index in [1.165, 1.54) is 0 Å². The van der Waals surface area contributed by atoms with Crippen molar-refractivity contribution >= 4 is 11.8 Å². The van der Waals surface area contributed by atoms with Crippen LogP contribution in [0.25, 0.3) is 0 Å². The fraction of sp³-hybridized carbons (Fsp3) is 0.231. The zero-order valence-corrected chi connectivity index (χ0v) is 10.7. The van der Waals surface area contributed by atoms with Gasteiger partial charge in [0, 0.05) is 22.8 Å². The highest BCUT2D eigenvalue weighted by Gasteiger charge is 2.08. The Balaban J connectivity index is 2.30. The van der Waals surface area contributed by atoms with Crippen molar-refractivity contribution < 1.29 is 0 Å². The van der Waals surface area contributed by atoms with Crippen molar-refractivity contribution in [3.05, 3.63) is 47.8 Å². The third-order valence-electron chi connectivity index (χ3n) is 2.38. The third kappa shape index (κ3) is 3.05. The molecular formula is C13H15N3S. The quantitative estimate of drug-likeness (QED) is 0.845. The first-order chi connectivity index (χ1) is 8.16. The molecule has 0 unspecified atom stereocenters. The van der Waals surface area contributed by atoms with E-state index in [-0.39, 0.29) is 6.04 Å². The van der Waals surface area contributed by atoms with Crippen LogP contribution in [0.1, 0.15) is 24.2 Å². The van der Waals surface area contributed by atoms with Gasteiger partial charge in [0.15, 0.2) is 5.16 Å². The number of benzene rings is 1. The fourth-order valence-corrected chi connectivity index (χ4v) is 2.54. The standard InChI is InChI=1S/C13H15N3S/c1-9-7-8-15-13(16-9)17-12-6-4-3-5-11(12)10(2)14/h3-8,10H,14H2,1-2H3/t10-/m1/s1. The van der Waals surface area contributed by atoms with E-state index in [0.717, 1.165) is 21.3 Å². The Hall–Kier alpha value is -1.39. The highest BCUT2D eigenvalue weighted by molar-refractivity contribution is 7.99. The lowest BCUT2D eigenvalue weighted by Gasteiger charge is -2.11. The van der Waals surface area contributed by atoms with E-state index >= 15 is 0 Å². The summed E-state index contributed by atoms with van der Waals surface area (Å²) in [5, 5.41) is 0.762. The first-order valence-corrected chi connectivity index (χ1v) is 6.30. The van der Waals surface area contributed by atoms with Gasteiger partial charge < -0.3 is 5.73 Å². The topological polar surface area (TPSA) is 51.8 Å². The molecule has 0 saturated carbocycles. The molecular weight excluding hydrogens is 230 g/mol. The molecule has 1 atom stereocenters. The van der Waals surface area contributed by atoms with Crippen molar-refractivity contribution in [2.24, 2.45) is 5.73 Å². The number of aryl methyl sites for hydroxylation is 1. The number of nitrogens with zero attached hydrogens (tertiary/aromatic N) is 2. The van der Waals surface area contributed by atoms with Gasteiger partial charge in [-0.1, -0.05) is 18.2 Å². The van der Waals surface area contributed by atoms with Crippen molar-refractivity contribution in [3.8, 4) is 0 Å². The number of aromatic nitrogens is 2. The van der Waals surface area contributed by atoms with E-state index in [1.54, 1.807) is 18.0 Å². The van der Waals surface area contributed by atoms with Crippen LogP contribution in [0.15, 0.2) is 46.6 Å². The Morgan fingerprint density at radius 3 is 2.71 bits per heavy atom. The predicted octanol–water partition coefficient (Wildman–Crippen LogP) is 2.96. The fourth-order valence-electron chi connectivity index (χ4n) is 1.52. The molecule has 0 aliphatic carbocycles. The molecule has 1 aromatic heterocycles. The van der Waals surface area contributed by atoms with Gasteiger partial charge in [0.05, 0.1) is 0 Å². The molecule has 0 radical (unpaired) electrons. The van der Waals surface area contributed by atoms with Crippen molar-refractivity contribution in [1.82, 2.24) is 9.97 Å². The van der Waals surface area contributed by atoms with Gasteiger partial charge in [0.2, 0.25) is 0 Å².